The van der Waals surface area contributed by atoms with Gasteiger partial charge in [-0.1, -0.05) is 15.9 Å². The van der Waals surface area contributed by atoms with Crippen molar-refractivity contribution in [3.05, 3.63) is 33.0 Å². The van der Waals surface area contributed by atoms with E-state index >= 15 is 0 Å². The number of aromatic amines is 1. The van der Waals surface area contributed by atoms with Gasteiger partial charge in [-0.25, -0.2) is 5.10 Å². The van der Waals surface area contributed by atoms with Crippen LogP contribution in [0.2, 0.25) is 0 Å². The van der Waals surface area contributed by atoms with E-state index in [9.17, 15) is 13.2 Å². The Kier molecular flexibility index (Phi) is 3.20. The molecule has 3 N–H and O–H groups in total. The summed E-state index contributed by atoms with van der Waals surface area (Å²) in [6.45, 7) is 0. The van der Waals surface area contributed by atoms with E-state index in [4.69, 9.17) is 18.0 Å². The molecule has 96 valence electrons. The van der Waals surface area contributed by atoms with Crippen LogP contribution in [-0.4, -0.2) is 14.8 Å². The molecule has 0 aliphatic heterocycles. The second-order valence-corrected chi connectivity index (χ2v) is 4.68. The van der Waals surface area contributed by atoms with E-state index in [2.05, 4.69) is 26.1 Å². The third-order valence-electron chi connectivity index (χ3n) is 2.20. The molecule has 1 aromatic carbocycles. The SMILES string of the molecule is Nc1n[nH]c(=S)n1-c1ccc(Br)cc1C(F)(F)F. The Morgan fingerprint density at radius 3 is 2.56 bits per heavy atom. The molecule has 0 spiro atoms. The van der Waals surface area contributed by atoms with Crippen LogP contribution in [0.4, 0.5) is 19.1 Å². The van der Waals surface area contributed by atoms with E-state index in [0.717, 1.165) is 10.6 Å². The average Bonchev–Trinajstić information content (AvgIpc) is 2.58. The van der Waals surface area contributed by atoms with E-state index < -0.39 is 11.7 Å². The first kappa shape index (κ1) is 13.1. The fourth-order valence-electron chi connectivity index (χ4n) is 1.47. The Labute approximate surface area is 113 Å². The first-order valence-corrected chi connectivity index (χ1v) is 5.81. The molecule has 4 nitrogen and oxygen atoms in total. The Hall–Kier alpha value is -1.35. The summed E-state index contributed by atoms with van der Waals surface area (Å²) in [4.78, 5) is 0. The van der Waals surface area contributed by atoms with Gasteiger partial charge in [-0.05, 0) is 30.4 Å². The van der Waals surface area contributed by atoms with Crippen LogP contribution in [0.5, 0.6) is 0 Å². The van der Waals surface area contributed by atoms with Gasteiger partial charge in [-0.2, -0.15) is 13.2 Å². The maximum atomic E-state index is 12.9. The molecule has 2 aromatic rings. The van der Waals surface area contributed by atoms with Crippen LogP contribution < -0.4 is 5.73 Å². The largest absolute Gasteiger partial charge is 0.418 e. The van der Waals surface area contributed by atoms with Gasteiger partial charge in [0, 0.05) is 4.47 Å². The number of anilines is 1. The molecule has 9 heteroatoms. The van der Waals surface area contributed by atoms with E-state index in [1.165, 1.54) is 12.1 Å². The number of nitrogens with two attached hydrogens (primary N) is 1. The van der Waals surface area contributed by atoms with Crippen LogP contribution >= 0.6 is 28.1 Å². The number of aromatic nitrogens is 3. The fourth-order valence-corrected chi connectivity index (χ4v) is 2.07. The van der Waals surface area contributed by atoms with Crippen molar-refractivity contribution in [3.63, 3.8) is 0 Å². The van der Waals surface area contributed by atoms with E-state index in [1.807, 2.05) is 0 Å². The first-order valence-electron chi connectivity index (χ1n) is 4.60. The molecule has 0 saturated heterocycles. The molecule has 0 radical (unpaired) electrons. The zero-order valence-electron chi connectivity index (χ0n) is 8.62. The smallest absolute Gasteiger partial charge is 0.368 e. The van der Waals surface area contributed by atoms with Crippen molar-refractivity contribution in [2.75, 3.05) is 5.73 Å². The highest BCUT2D eigenvalue weighted by Gasteiger charge is 2.34. The number of hydrogen-bond acceptors (Lipinski definition) is 3. The van der Waals surface area contributed by atoms with Gasteiger partial charge < -0.3 is 5.73 Å². The molecule has 1 aromatic heterocycles. The lowest BCUT2D eigenvalue weighted by atomic mass is 10.1. The van der Waals surface area contributed by atoms with Gasteiger partial charge in [0.15, 0.2) is 0 Å². The topological polar surface area (TPSA) is 59.6 Å². The predicted molar refractivity (Wildman–Crippen MR) is 65.9 cm³/mol. The average molecular weight is 339 g/mol. The molecule has 2 rings (SSSR count). The number of H-pyrrole nitrogens is 1. The molecule has 0 saturated carbocycles. The van der Waals surface area contributed by atoms with E-state index in [-0.39, 0.29) is 16.4 Å². The van der Waals surface area contributed by atoms with Crippen LogP contribution in [-0.2, 0) is 6.18 Å². The van der Waals surface area contributed by atoms with Crippen molar-refractivity contribution in [1.82, 2.24) is 14.8 Å². The van der Waals surface area contributed by atoms with Crippen molar-refractivity contribution in [1.29, 1.82) is 0 Å². The second-order valence-electron chi connectivity index (χ2n) is 3.38. The number of benzene rings is 1. The summed E-state index contributed by atoms with van der Waals surface area (Å²) in [6, 6.07) is 3.71. The lowest BCUT2D eigenvalue weighted by Crippen LogP contribution is -2.12. The maximum Gasteiger partial charge on any atom is 0.418 e. The summed E-state index contributed by atoms with van der Waals surface area (Å²) < 4.78 is 40.2. The van der Waals surface area contributed by atoms with Gasteiger partial charge in [0.25, 0.3) is 0 Å². The number of halogens is 4. The molecule has 18 heavy (non-hydrogen) atoms. The zero-order chi connectivity index (χ0) is 13.5. The summed E-state index contributed by atoms with van der Waals surface area (Å²) in [7, 11) is 0. The summed E-state index contributed by atoms with van der Waals surface area (Å²) >= 11 is 7.86. The fraction of sp³-hybridized carbons (Fsp3) is 0.111. The molecule has 0 unspecified atom stereocenters. The van der Waals surface area contributed by atoms with E-state index in [1.54, 1.807) is 0 Å². The van der Waals surface area contributed by atoms with Gasteiger partial charge >= 0.3 is 6.18 Å². The number of nitrogens with zero attached hydrogens (tertiary/aromatic N) is 2. The normalized spacial score (nSPS) is 11.8. The maximum absolute atomic E-state index is 12.9. The molecule has 0 atom stereocenters. The van der Waals surface area contributed by atoms with Gasteiger partial charge in [0.2, 0.25) is 10.7 Å². The Balaban J connectivity index is 2.77. The number of rotatable bonds is 1. The molecule has 0 aliphatic carbocycles. The number of hydrogen-bond donors (Lipinski definition) is 2. The third kappa shape index (κ3) is 2.27. The minimum Gasteiger partial charge on any atom is -0.368 e. The molecule has 0 fully saturated rings. The highest BCUT2D eigenvalue weighted by molar-refractivity contribution is 9.10. The second kappa shape index (κ2) is 4.39. The Bertz CT molecular complexity index is 646. The first-order chi connectivity index (χ1) is 8.30. The van der Waals surface area contributed by atoms with Crippen molar-refractivity contribution in [3.8, 4) is 5.69 Å². The van der Waals surface area contributed by atoms with Gasteiger partial charge in [-0.3, -0.25) is 4.57 Å². The van der Waals surface area contributed by atoms with Crippen LogP contribution in [0.15, 0.2) is 22.7 Å². The molecule has 1 heterocycles. The van der Waals surface area contributed by atoms with Crippen LogP contribution in [0.25, 0.3) is 5.69 Å². The van der Waals surface area contributed by atoms with Crippen LogP contribution in [0, 0.1) is 4.77 Å². The van der Waals surface area contributed by atoms with Crippen LogP contribution in [0.1, 0.15) is 5.56 Å². The van der Waals surface area contributed by atoms with E-state index in [0.29, 0.717) is 4.47 Å². The third-order valence-corrected chi connectivity index (χ3v) is 2.97. The molecular formula is C9H6BrF3N4S. The standard InChI is InChI=1S/C9H6BrF3N4S/c10-4-1-2-6(5(3-4)9(11,12)13)17-7(14)15-16-8(17)18/h1-3H,(H2,14,15)(H,16,18). The number of alkyl halides is 3. The molecular weight excluding hydrogens is 333 g/mol. The van der Waals surface area contributed by atoms with Gasteiger partial charge in [0.1, 0.15) is 0 Å². The predicted octanol–water partition coefficient (Wildman–Crippen LogP) is 3.29. The zero-order valence-corrected chi connectivity index (χ0v) is 11.0. The van der Waals surface area contributed by atoms with Gasteiger partial charge in [0.05, 0.1) is 11.3 Å². The number of nitrogens with one attached hydrogen (secondary N) is 1. The lowest BCUT2D eigenvalue weighted by molar-refractivity contribution is -0.137. The summed E-state index contributed by atoms with van der Waals surface area (Å²) in [5.74, 6) is -0.132. The molecule has 0 bridgehead atoms. The Morgan fingerprint density at radius 1 is 1.39 bits per heavy atom. The van der Waals surface area contributed by atoms with Crippen molar-refractivity contribution in [2.45, 2.75) is 6.18 Å². The summed E-state index contributed by atoms with van der Waals surface area (Å²) in [5, 5.41) is 5.92. The van der Waals surface area contributed by atoms with Crippen molar-refractivity contribution < 1.29 is 13.2 Å². The number of nitrogen functional groups attached to an aromatic ring is 1. The van der Waals surface area contributed by atoms with Crippen molar-refractivity contribution in [2.24, 2.45) is 0 Å². The summed E-state index contributed by atoms with van der Waals surface area (Å²) in [5.41, 5.74) is 4.49. The van der Waals surface area contributed by atoms with Gasteiger partial charge in [-0.15, -0.1) is 5.10 Å². The molecule has 0 amide bonds. The highest BCUT2D eigenvalue weighted by Crippen LogP contribution is 2.36. The summed E-state index contributed by atoms with van der Waals surface area (Å²) in [6.07, 6.45) is -4.52. The quantitative estimate of drug-likeness (QED) is 0.784. The lowest BCUT2D eigenvalue weighted by Gasteiger charge is -2.14. The molecule has 0 aliphatic rings. The monoisotopic (exact) mass is 338 g/mol. The van der Waals surface area contributed by atoms with Crippen LogP contribution in [0.3, 0.4) is 0 Å². The minimum atomic E-state index is -4.52. The Morgan fingerprint density at radius 2 is 2.06 bits per heavy atom. The van der Waals surface area contributed by atoms with Crippen molar-refractivity contribution >= 4 is 34.1 Å². The highest BCUT2D eigenvalue weighted by atomic mass is 79.9. The minimum absolute atomic E-state index is 0.000299.